The van der Waals surface area contributed by atoms with Crippen molar-refractivity contribution in [2.24, 2.45) is 0 Å². The minimum absolute atomic E-state index is 0.239. The Hall–Kier alpha value is -3.48. The first-order valence-corrected chi connectivity index (χ1v) is 8.33. The average Bonchev–Trinajstić information content (AvgIpc) is 2.70. The molecule has 0 bridgehead atoms. The fourth-order valence-electron chi connectivity index (χ4n) is 2.08. The van der Waals surface area contributed by atoms with Crippen LogP contribution in [0.1, 0.15) is 44.4 Å². The number of carbonyl (C=O) groups excluding carboxylic acids is 4. The standard InChI is InChI=1S/C20H19NO6/c1-2-11-26-19(24)16-7-9-17(10-8-16)21-18(23)13-27-20(25)15-5-3-14(12-22)4-6-15/h3-10,12H,2,11,13H2,1H3,(H,21,23). The predicted octanol–water partition coefficient (Wildman–Crippen LogP) is 2.86. The van der Waals surface area contributed by atoms with Crippen molar-refractivity contribution in [1.82, 2.24) is 0 Å². The van der Waals surface area contributed by atoms with Crippen molar-refractivity contribution in [2.75, 3.05) is 18.5 Å². The van der Waals surface area contributed by atoms with Crippen LogP contribution in [0.3, 0.4) is 0 Å². The summed E-state index contributed by atoms with van der Waals surface area (Å²) >= 11 is 0. The fraction of sp³-hybridized carbons (Fsp3) is 0.200. The first kappa shape index (κ1) is 19.8. The van der Waals surface area contributed by atoms with Gasteiger partial charge in [0.25, 0.3) is 5.91 Å². The lowest BCUT2D eigenvalue weighted by Gasteiger charge is -2.08. The fourth-order valence-corrected chi connectivity index (χ4v) is 2.08. The molecule has 2 aromatic carbocycles. The number of benzene rings is 2. The highest BCUT2D eigenvalue weighted by Crippen LogP contribution is 2.11. The Balaban J connectivity index is 1.83. The molecule has 0 aromatic heterocycles. The molecule has 2 rings (SSSR count). The van der Waals surface area contributed by atoms with Gasteiger partial charge in [0.15, 0.2) is 6.61 Å². The maximum Gasteiger partial charge on any atom is 0.338 e. The summed E-state index contributed by atoms with van der Waals surface area (Å²) in [7, 11) is 0. The number of aldehydes is 1. The van der Waals surface area contributed by atoms with Gasteiger partial charge >= 0.3 is 11.9 Å². The summed E-state index contributed by atoms with van der Waals surface area (Å²) < 4.78 is 9.95. The van der Waals surface area contributed by atoms with E-state index in [1.807, 2.05) is 6.92 Å². The molecule has 140 valence electrons. The van der Waals surface area contributed by atoms with Crippen molar-refractivity contribution in [3.63, 3.8) is 0 Å². The minimum Gasteiger partial charge on any atom is -0.462 e. The number of anilines is 1. The topological polar surface area (TPSA) is 98.8 Å². The molecule has 0 aliphatic rings. The largest absolute Gasteiger partial charge is 0.462 e. The van der Waals surface area contributed by atoms with Crippen LogP contribution in [0.15, 0.2) is 48.5 Å². The number of hydrogen-bond donors (Lipinski definition) is 1. The molecule has 0 spiro atoms. The zero-order chi connectivity index (χ0) is 19.6. The highest BCUT2D eigenvalue weighted by Gasteiger charge is 2.11. The highest BCUT2D eigenvalue weighted by molar-refractivity contribution is 5.96. The molecule has 0 radical (unpaired) electrons. The molecule has 1 amide bonds. The van der Waals surface area contributed by atoms with Gasteiger partial charge in [-0.25, -0.2) is 9.59 Å². The van der Waals surface area contributed by atoms with Crippen LogP contribution in [-0.4, -0.2) is 37.3 Å². The third-order valence-electron chi connectivity index (χ3n) is 3.46. The molecular formula is C20H19NO6. The van der Waals surface area contributed by atoms with E-state index in [0.29, 0.717) is 29.7 Å². The summed E-state index contributed by atoms with van der Waals surface area (Å²) in [4.78, 5) is 46.0. The van der Waals surface area contributed by atoms with Gasteiger partial charge in [-0.1, -0.05) is 19.1 Å². The first-order chi connectivity index (χ1) is 13.0. The van der Waals surface area contributed by atoms with Gasteiger partial charge < -0.3 is 14.8 Å². The Kier molecular flexibility index (Phi) is 7.25. The summed E-state index contributed by atoms with van der Waals surface area (Å²) in [5, 5.41) is 2.56. The smallest absolute Gasteiger partial charge is 0.338 e. The zero-order valence-corrected chi connectivity index (χ0v) is 14.8. The Morgan fingerprint density at radius 3 is 2.00 bits per heavy atom. The van der Waals surface area contributed by atoms with Gasteiger partial charge in [-0.15, -0.1) is 0 Å². The van der Waals surface area contributed by atoms with Crippen LogP contribution in [0.5, 0.6) is 0 Å². The van der Waals surface area contributed by atoms with E-state index in [-0.39, 0.29) is 5.56 Å². The van der Waals surface area contributed by atoms with E-state index in [1.165, 1.54) is 36.4 Å². The van der Waals surface area contributed by atoms with E-state index >= 15 is 0 Å². The van der Waals surface area contributed by atoms with Crippen LogP contribution in [0.25, 0.3) is 0 Å². The number of rotatable bonds is 8. The average molecular weight is 369 g/mol. The van der Waals surface area contributed by atoms with Crippen LogP contribution in [-0.2, 0) is 14.3 Å². The predicted molar refractivity (Wildman–Crippen MR) is 97.8 cm³/mol. The molecular weight excluding hydrogens is 350 g/mol. The van der Waals surface area contributed by atoms with Crippen molar-refractivity contribution in [1.29, 1.82) is 0 Å². The normalized spacial score (nSPS) is 9.96. The van der Waals surface area contributed by atoms with Gasteiger partial charge in [0, 0.05) is 11.3 Å². The monoisotopic (exact) mass is 369 g/mol. The molecule has 0 aliphatic carbocycles. The number of carbonyl (C=O) groups is 4. The quantitative estimate of drug-likeness (QED) is 0.567. The number of hydrogen-bond acceptors (Lipinski definition) is 6. The van der Waals surface area contributed by atoms with E-state index < -0.39 is 24.5 Å². The maximum absolute atomic E-state index is 11.9. The summed E-state index contributed by atoms with van der Waals surface area (Å²) in [5.41, 5.74) is 1.51. The first-order valence-electron chi connectivity index (χ1n) is 8.33. The third kappa shape index (κ3) is 6.07. The second kappa shape index (κ2) is 9.86. The maximum atomic E-state index is 11.9. The molecule has 0 fully saturated rings. The number of nitrogens with one attached hydrogen (secondary N) is 1. The lowest BCUT2D eigenvalue weighted by atomic mass is 10.1. The third-order valence-corrected chi connectivity index (χ3v) is 3.46. The van der Waals surface area contributed by atoms with Crippen LogP contribution in [0.2, 0.25) is 0 Å². The van der Waals surface area contributed by atoms with Gasteiger partial charge in [-0.3, -0.25) is 9.59 Å². The second-order valence-corrected chi connectivity index (χ2v) is 5.58. The second-order valence-electron chi connectivity index (χ2n) is 5.58. The number of esters is 2. The van der Waals surface area contributed by atoms with Crippen molar-refractivity contribution in [3.05, 3.63) is 65.2 Å². The highest BCUT2D eigenvalue weighted by atomic mass is 16.5. The number of amides is 1. The molecule has 0 saturated carbocycles. The molecule has 27 heavy (non-hydrogen) atoms. The Labute approximate surface area is 156 Å². The lowest BCUT2D eigenvalue weighted by molar-refractivity contribution is -0.119. The van der Waals surface area contributed by atoms with Gasteiger partial charge in [0.1, 0.15) is 6.29 Å². The summed E-state index contributed by atoms with van der Waals surface area (Å²) in [5.74, 6) is -1.62. The Morgan fingerprint density at radius 2 is 1.44 bits per heavy atom. The van der Waals surface area contributed by atoms with Gasteiger partial charge in [-0.2, -0.15) is 0 Å². The molecule has 2 aromatic rings. The van der Waals surface area contributed by atoms with E-state index in [4.69, 9.17) is 9.47 Å². The zero-order valence-electron chi connectivity index (χ0n) is 14.8. The molecule has 0 saturated heterocycles. The molecule has 7 nitrogen and oxygen atoms in total. The minimum atomic E-state index is -0.670. The lowest BCUT2D eigenvalue weighted by Crippen LogP contribution is -2.21. The molecule has 7 heteroatoms. The summed E-state index contributed by atoms with van der Waals surface area (Å²) in [6.45, 7) is 1.79. The van der Waals surface area contributed by atoms with Gasteiger partial charge in [-0.05, 0) is 42.8 Å². The van der Waals surface area contributed by atoms with Crippen LogP contribution < -0.4 is 5.32 Å². The van der Waals surface area contributed by atoms with Crippen molar-refractivity contribution >= 4 is 29.8 Å². The molecule has 0 aliphatic heterocycles. The molecule has 0 atom stereocenters. The molecule has 1 N–H and O–H groups in total. The van der Waals surface area contributed by atoms with E-state index in [2.05, 4.69) is 5.32 Å². The van der Waals surface area contributed by atoms with Crippen molar-refractivity contribution in [2.45, 2.75) is 13.3 Å². The van der Waals surface area contributed by atoms with Crippen molar-refractivity contribution in [3.8, 4) is 0 Å². The Morgan fingerprint density at radius 1 is 0.889 bits per heavy atom. The van der Waals surface area contributed by atoms with Gasteiger partial charge in [0.2, 0.25) is 0 Å². The summed E-state index contributed by atoms with van der Waals surface area (Å²) in [6, 6.07) is 12.0. The van der Waals surface area contributed by atoms with E-state index in [1.54, 1.807) is 12.1 Å². The molecule has 0 heterocycles. The van der Waals surface area contributed by atoms with E-state index in [0.717, 1.165) is 6.42 Å². The summed E-state index contributed by atoms with van der Waals surface area (Å²) in [6.07, 6.45) is 1.40. The SMILES string of the molecule is CCCOC(=O)c1ccc(NC(=O)COC(=O)c2ccc(C=O)cc2)cc1. The van der Waals surface area contributed by atoms with Crippen molar-refractivity contribution < 1.29 is 28.7 Å². The Bertz CT molecular complexity index is 811. The van der Waals surface area contributed by atoms with Crippen LogP contribution in [0, 0.1) is 0 Å². The van der Waals surface area contributed by atoms with Gasteiger partial charge in [0.05, 0.1) is 17.7 Å². The van der Waals surface area contributed by atoms with E-state index in [9.17, 15) is 19.2 Å². The van der Waals surface area contributed by atoms with Crippen LogP contribution in [0.4, 0.5) is 5.69 Å². The molecule has 0 unspecified atom stereocenters. The number of ether oxygens (including phenoxy) is 2. The van der Waals surface area contributed by atoms with Crippen LogP contribution >= 0.6 is 0 Å².